The molecule has 0 aromatic carbocycles. The average molecular weight is 252 g/mol. The largest absolute Gasteiger partial charge is 0.359 e. The number of ether oxygens (including phenoxy) is 2. The summed E-state index contributed by atoms with van der Waals surface area (Å²) in [5.74, 6) is 0.992. The van der Waals surface area contributed by atoms with Crippen LogP contribution in [0.5, 0.6) is 0 Å². The molecule has 102 valence electrons. The predicted octanol–water partition coefficient (Wildman–Crippen LogP) is 3.09. The van der Waals surface area contributed by atoms with Gasteiger partial charge in [-0.15, -0.1) is 0 Å². The standard InChI is InChI=1S/C15H24O3/c1-15-6-3-12(5-8-18-11-17-2)9-13(15)10-14(16)4-7-15/h10,12H,3-9,11H2,1-2H3/t12-,15+/m1/s1. The van der Waals surface area contributed by atoms with Gasteiger partial charge in [0.1, 0.15) is 6.79 Å². The first-order chi connectivity index (χ1) is 8.64. The van der Waals surface area contributed by atoms with Gasteiger partial charge in [0, 0.05) is 20.1 Å². The molecule has 18 heavy (non-hydrogen) atoms. The van der Waals surface area contributed by atoms with E-state index in [1.165, 1.54) is 18.4 Å². The topological polar surface area (TPSA) is 35.5 Å². The highest BCUT2D eigenvalue weighted by atomic mass is 16.7. The average Bonchev–Trinajstić information content (AvgIpc) is 2.36. The Morgan fingerprint density at radius 2 is 2.28 bits per heavy atom. The van der Waals surface area contributed by atoms with Gasteiger partial charge in [-0.05, 0) is 49.5 Å². The van der Waals surface area contributed by atoms with E-state index in [0.717, 1.165) is 32.3 Å². The summed E-state index contributed by atoms with van der Waals surface area (Å²) in [4.78, 5) is 11.5. The summed E-state index contributed by atoms with van der Waals surface area (Å²) in [5, 5.41) is 0. The van der Waals surface area contributed by atoms with Gasteiger partial charge in [-0.2, -0.15) is 0 Å². The van der Waals surface area contributed by atoms with Gasteiger partial charge in [0.25, 0.3) is 0 Å². The molecule has 2 aliphatic carbocycles. The predicted molar refractivity (Wildman–Crippen MR) is 70.2 cm³/mol. The van der Waals surface area contributed by atoms with E-state index in [4.69, 9.17) is 9.47 Å². The number of hydrogen-bond acceptors (Lipinski definition) is 3. The highest BCUT2D eigenvalue weighted by Gasteiger charge is 2.37. The lowest BCUT2D eigenvalue weighted by Crippen LogP contribution is -2.31. The molecule has 0 aliphatic heterocycles. The van der Waals surface area contributed by atoms with Crippen LogP contribution >= 0.6 is 0 Å². The Morgan fingerprint density at radius 1 is 1.44 bits per heavy atom. The van der Waals surface area contributed by atoms with E-state index >= 15 is 0 Å². The number of allylic oxidation sites excluding steroid dienone is 2. The summed E-state index contributed by atoms with van der Waals surface area (Å²) >= 11 is 0. The molecule has 3 heteroatoms. The first-order valence-corrected chi connectivity index (χ1v) is 6.94. The zero-order chi connectivity index (χ0) is 13.0. The third kappa shape index (κ3) is 3.21. The molecule has 1 fully saturated rings. The fourth-order valence-electron chi connectivity index (χ4n) is 3.17. The van der Waals surface area contributed by atoms with Gasteiger partial charge in [-0.1, -0.05) is 12.5 Å². The van der Waals surface area contributed by atoms with Gasteiger partial charge in [0.05, 0.1) is 0 Å². The number of fused-ring (bicyclic) bond motifs is 1. The molecule has 0 aromatic rings. The molecule has 0 spiro atoms. The summed E-state index contributed by atoms with van der Waals surface area (Å²) in [6.07, 6.45) is 8.35. The van der Waals surface area contributed by atoms with Crippen molar-refractivity contribution in [1.29, 1.82) is 0 Å². The minimum absolute atomic E-state index is 0.303. The number of methoxy groups -OCH3 is 1. The molecule has 0 N–H and O–H groups in total. The summed E-state index contributed by atoms with van der Waals surface area (Å²) in [7, 11) is 1.64. The lowest BCUT2D eigenvalue weighted by molar-refractivity contribution is -0.116. The Labute approximate surface area is 110 Å². The van der Waals surface area contributed by atoms with Gasteiger partial charge in [-0.3, -0.25) is 4.79 Å². The molecule has 0 heterocycles. The minimum Gasteiger partial charge on any atom is -0.359 e. The van der Waals surface area contributed by atoms with E-state index in [1.807, 2.05) is 6.08 Å². The third-order valence-corrected chi connectivity index (χ3v) is 4.52. The van der Waals surface area contributed by atoms with Crippen molar-refractivity contribution in [3.05, 3.63) is 11.6 Å². The van der Waals surface area contributed by atoms with Crippen LogP contribution in [0.1, 0.15) is 45.4 Å². The van der Waals surface area contributed by atoms with E-state index in [2.05, 4.69) is 6.92 Å². The summed E-state index contributed by atoms with van der Waals surface area (Å²) in [6.45, 7) is 3.46. The molecular formula is C15H24O3. The summed E-state index contributed by atoms with van der Waals surface area (Å²) < 4.78 is 10.2. The SMILES string of the molecule is COCOCC[C@H]1CC[C@@]2(C)CCC(=O)C=C2C1. The maximum Gasteiger partial charge on any atom is 0.155 e. The molecule has 0 aromatic heterocycles. The fourth-order valence-corrected chi connectivity index (χ4v) is 3.17. The lowest BCUT2D eigenvalue weighted by atomic mass is 9.63. The lowest BCUT2D eigenvalue weighted by Gasteiger charge is -2.42. The minimum atomic E-state index is 0.303. The first kappa shape index (κ1) is 13.8. The van der Waals surface area contributed by atoms with Crippen molar-refractivity contribution in [3.63, 3.8) is 0 Å². The van der Waals surface area contributed by atoms with Crippen LogP contribution in [0.15, 0.2) is 11.6 Å². The van der Waals surface area contributed by atoms with Crippen LogP contribution in [-0.2, 0) is 14.3 Å². The summed E-state index contributed by atoms with van der Waals surface area (Å²) in [6, 6.07) is 0. The second-order valence-corrected chi connectivity index (χ2v) is 5.91. The highest BCUT2D eigenvalue weighted by Crippen LogP contribution is 2.48. The van der Waals surface area contributed by atoms with Crippen LogP contribution in [0, 0.1) is 11.3 Å². The second kappa shape index (κ2) is 5.98. The number of carbonyl (C=O) groups is 1. The van der Waals surface area contributed by atoms with Crippen LogP contribution in [0.3, 0.4) is 0 Å². The maximum atomic E-state index is 11.5. The normalized spacial score (nSPS) is 32.0. The number of carbonyl (C=O) groups excluding carboxylic acids is 1. The van der Waals surface area contributed by atoms with Crippen LogP contribution in [0.2, 0.25) is 0 Å². The Hall–Kier alpha value is -0.670. The van der Waals surface area contributed by atoms with Gasteiger partial charge in [-0.25, -0.2) is 0 Å². The van der Waals surface area contributed by atoms with E-state index in [-0.39, 0.29) is 0 Å². The van der Waals surface area contributed by atoms with Crippen molar-refractivity contribution < 1.29 is 14.3 Å². The molecule has 0 bridgehead atoms. The zero-order valence-corrected chi connectivity index (χ0v) is 11.5. The molecule has 2 atom stereocenters. The van der Waals surface area contributed by atoms with E-state index in [9.17, 15) is 4.79 Å². The molecule has 0 radical (unpaired) electrons. The third-order valence-electron chi connectivity index (χ3n) is 4.52. The Kier molecular flexibility index (Phi) is 4.57. The zero-order valence-electron chi connectivity index (χ0n) is 11.5. The number of ketones is 1. The molecule has 0 amide bonds. The second-order valence-electron chi connectivity index (χ2n) is 5.91. The smallest absolute Gasteiger partial charge is 0.155 e. The van der Waals surface area contributed by atoms with Gasteiger partial charge in [0.15, 0.2) is 5.78 Å². The van der Waals surface area contributed by atoms with E-state index < -0.39 is 0 Å². The Morgan fingerprint density at radius 3 is 3.06 bits per heavy atom. The monoisotopic (exact) mass is 252 g/mol. The van der Waals surface area contributed by atoms with Gasteiger partial charge >= 0.3 is 0 Å². The summed E-state index contributed by atoms with van der Waals surface area (Å²) in [5.41, 5.74) is 1.69. The molecule has 2 rings (SSSR count). The first-order valence-electron chi connectivity index (χ1n) is 6.94. The number of hydrogen-bond donors (Lipinski definition) is 0. The fraction of sp³-hybridized carbons (Fsp3) is 0.800. The van der Waals surface area contributed by atoms with Crippen molar-refractivity contribution in [2.45, 2.75) is 45.4 Å². The number of rotatable bonds is 5. The maximum absolute atomic E-state index is 11.5. The van der Waals surface area contributed by atoms with Crippen LogP contribution in [0.25, 0.3) is 0 Å². The van der Waals surface area contributed by atoms with Gasteiger partial charge in [0.2, 0.25) is 0 Å². The van der Waals surface area contributed by atoms with Crippen LogP contribution in [0.4, 0.5) is 0 Å². The Bertz CT molecular complexity index is 335. The van der Waals surface area contributed by atoms with E-state index in [1.54, 1.807) is 7.11 Å². The molecule has 0 unspecified atom stereocenters. The molecule has 2 aliphatic rings. The van der Waals surface area contributed by atoms with Crippen LogP contribution < -0.4 is 0 Å². The molecule has 3 nitrogen and oxygen atoms in total. The molecule has 0 saturated heterocycles. The molecular weight excluding hydrogens is 228 g/mol. The highest BCUT2D eigenvalue weighted by molar-refractivity contribution is 5.91. The van der Waals surface area contributed by atoms with E-state index in [0.29, 0.717) is 23.9 Å². The quantitative estimate of drug-likeness (QED) is 0.557. The van der Waals surface area contributed by atoms with Crippen molar-refractivity contribution in [2.24, 2.45) is 11.3 Å². The van der Waals surface area contributed by atoms with Crippen molar-refractivity contribution in [1.82, 2.24) is 0 Å². The van der Waals surface area contributed by atoms with Crippen LogP contribution in [-0.4, -0.2) is 26.3 Å². The van der Waals surface area contributed by atoms with Crippen molar-refractivity contribution in [3.8, 4) is 0 Å². The van der Waals surface area contributed by atoms with Gasteiger partial charge < -0.3 is 9.47 Å². The molecule has 1 saturated carbocycles. The Balaban J connectivity index is 1.86. The van der Waals surface area contributed by atoms with Crippen molar-refractivity contribution >= 4 is 5.78 Å². The van der Waals surface area contributed by atoms with Crippen molar-refractivity contribution in [2.75, 3.05) is 20.5 Å².